The van der Waals surface area contributed by atoms with Gasteiger partial charge in [0.15, 0.2) is 0 Å². The number of aromatic nitrogens is 1. The van der Waals surface area contributed by atoms with Crippen LogP contribution in [0.5, 0.6) is 0 Å². The van der Waals surface area contributed by atoms with Gasteiger partial charge >= 0.3 is 0 Å². The van der Waals surface area contributed by atoms with Crippen LogP contribution in [0, 0.1) is 0 Å². The van der Waals surface area contributed by atoms with Crippen LogP contribution in [0.2, 0.25) is 0 Å². The summed E-state index contributed by atoms with van der Waals surface area (Å²) in [4.78, 5) is 17.1. The average Bonchev–Trinajstić information content (AvgIpc) is 3.32. The van der Waals surface area contributed by atoms with E-state index < -0.39 is 0 Å². The molecule has 0 aliphatic carbocycles. The van der Waals surface area contributed by atoms with Crippen molar-refractivity contribution in [3.8, 4) is 0 Å². The minimum absolute atomic E-state index is 0.815. The van der Waals surface area contributed by atoms with E-state index in [0.29, 0.717) is 0 Å². The van der Waals surface area contributed by atoms with Gasteiger partial charge in [0.2, 0.25) is 0 Å². The van der Waals surface area contributed by atoms with Gasteiger partial charge in [0.1, 0.15) is 0 Å². The number of rotatable bonds is 0. The monoisotopic (exact) mass is 310 g/mol. The van der Waals surface area contributed by atoms with Gasteiger partial charge in [0, 0.05) is 29.0 Å². The van der Waals surface area contributed by atoms with Crippen molar-refractivity contribution in [1.82, 2.24) is 4.98 Å². The van der Waals surface area contributed by atoms with E-state index in [-0.39, 0.29) is 0 Å². The molecule has 1 aromatic heterocycles. The zero-order chi connectivity index (χ0) is 15.9. The molecule has 5 rings (SSSR count). The van der Waals surface area contributed by atoms with Crippen molar-refractivity contribution < 1.29 is 0 Å². The molecule has 24 heavy (non-hydrogen) atoms. The number of H-pyrrole nitrogens is 1. The van der Waals surface area contributed by atoms with Gasteiger partial charge in [-0.05, 0) is 66.3 Å². The maximum atomic E-state index is 4.65. The summed E-state index contributed by atoms with van der Waals surface area (Å²) in [6, 6.07) is 4.10. The molecule has 114 valence electrons. The van der Waals surface area contributed by atoms with Gasteiger partial charge < -0.3 is 4.98 Å². The van der Waals surface area contributed by atoms with E-state index in [1.165, 1.54) is 5.57 Å². The van der Waals surface area contributed by atoms with Crippen LogP contribution in [-0.2, 0) is 0 Å². The predicted octanol–water partition coefficient (Wildman–Crippen LogP) is 2.11. The molecule has 1 N–H and O–H groups in total. The summed E-state index contributed by atoms with van der Waals surface area (Å²) in [6.45, 7) is 0. The lowest BCUT2D eigenvalue weighted by Crippen LogP contribution is -2.12. The second kappa shape index (κ2) is 5.13. The van der Waals surface area contributed by atoms with Gasteiger partial charge in [-0.3, -0.25) is 4.99 Å². The van der Waals surface area contributed by atoms with E-state index in [1.807, 2.05) is 48.7 Å². The molecule has 8 bridgehead atoms. The number of nitrogens with zero attached hydrogens (tertiary/aromatic N) is 3. The molecule has 4 heteroatoms. The number of allylic oxidation sites excluding steroid dienone is 7. The molecule has 0 atom stereocenters. The highest BCUT2D eigenvalue weighted by Gasteiger charge is 2.11. The maximum absolute atomic E-state index is 4.65. The van der Waals surface area contributed by atoms with E-state index in [1.54, 1.807) is 0 Å². The molecule has 0 aromatic carbocycles. The summed E-state index contributed by atoms with van der Waals surface area (Å²) < 4.78 is 0. The standard InChI is InChI=1S/C20H14N4/c1-2-15-9-16-3-4-17(23-16)10-18-5-6-19(24-18)11-20-8-13(12-21-20)7-14(1)22-15/h1-7,9-12,23H,8H2/b13-7?,14-7-,15-9?,16-9-,17-10-,18-10?,19-11-,20-11?. The van der Waals surface area contributed by atoms with Crippen LogP contribution >= 0.6 is 0 Å². The highest BCUT2D eigenvalue weighted by atomic mass is 14.8. The fourth-order valence-electron chi connectivity index (χ4n) is 3.03. The minimum atomic E-state index is 0.815. The highest BCUT2D eigenvalue weighted by molar-refractivity contribution is 6.20. The molecule has 4 aliphatic heterocycles. The summed E-state index contributed by atoms with van der Waals surface area (Å²) in [5.74, 6) is 0. The molecule has 5 heterocycles. The molecule has 0 unspecified atom stereocenters. The molecule has 0 amide bonds. The van der Waals surface area contributed by atoms with E-state index >= 15 is 0 Å². The van der Waals surface area contributed by atoms with Crippen molar-refractivity contribution in [2.45, 2.75) is 6.42 Å². The topological polar surface area (TPSA) is 52.9 Å². The lowest BCUT2D eigenvalue weighted by molar-refractivity contribution is 1.28. The molecule has 4 nitrogen and oxygen atoms in total. The van der Waals surface area contributed by atoms with Crippen LogP contribution < -0.4 is 10.7 Å². The van der Waals surface area contributed by atoms with Gasteiger partial charge in [-0.25, -0.2) is 9.98 Å². The van der Waals surface area contributed by atoms with Crippen molar-refractivity contribution in [3.63, 3.8) is 0 Å². The third-order valence-corrected chi connectivity index (χ3v) is 4.13. The number of hydrogen-bond donors (Lipinski definition) is 1. The van der Waals surface area contributed by atoms with Crippen LogP contribution in [0.3, 0.4) is 0 Å². The van der Waals surface area contributed by atoms with Crippen molar-refractivity contribution in [2.75, 3.05) is 0 Å². The van der Waals surface area contributed by atoms with E-state index in [0.717, 1.165) is 45.6 Å². The molecule has 0 saturated carbocycles. The molecule has 0 spiro atoms. The Hall–Kier alpha value is -3.27. The van der Waals surface area contributed by atoms with E-state index in [9.17, 15) is 0 Å². The third-order valence-electron chi connectivity index (χ3n) is 4.13. The SMILES string of the molecule is C1=C/C2=C/C3=CN=C(/C=C4/C=CC(=N4)/C=c4/cc/c([nH]4)=C/C1=N2)C3. The van der Waals surface area contributed by atoms with Crippen LogP contribution in [0.4, 0.5) is 0 Å². The number of fused-ring (bicyclic) bond motifs is 6. The average molecular weight is 310 g/mol. The third kappa shape index (κ3) is 2.48. The number of hydrogen-bond acceptors (Lipinski definition) is 3. The molecular formula is C20H14N4. The van der Waals surface area contributed by atoms with Crippen molar-refractivity contribution in [3.05, 3.63) is 82.5 Å². The normalized spacial score (nSPS) is 27.7. The number of nitrogens with one attached hydrogen (secondary N) is 1. The van der Waals surface area contributed by atoms with Crippen LogP contribution in [0.15, 0.2) is 86.7 Å². The summed E-state index contributed by atoms with van der Waals surface area (Å²) in [5.41, 5.74) is 5.98. The zero-order valence-corrected chi connectivity index (χ0v) is 12.9. The smallest absolute Gasteiger partial charge is 0.0658 e. The first-order valence-corrected chi connectivity index (χ1v) is 7.91. The summed E-state index contributed by atoms with van der Waals surface area (Å²) in [5, 5.41) is 2.06. The van der Waals surface area contributed by atoms with Gasteiger partial charge in [-0.15, -0.1) is 0 Å². The largest absolute Gasteiger partial charge is 0.355 e. The Morgan fingerprint density at radius 1 is 0.750 bits per heavy atom. The van der Waals surface area contributed by atoms with Gasteiger partial charge in [0.25, 0.3) is 0 Å². The molecule has 1 aromatic rings. The molecule has 0 fully saturated rings. The highest BCUT2D eigenvalue weighted by Crippen LogP contribution is 2.21. The first kappa shape index (κ1) is 13.2. The van der Waals surface area contributed by atoms with Crippen molar-refractivity contribution >= 4 is 29.3 Å². The van der Waals surface area contributed by atoms with Gasteiger partial charge in [-0.1, -0.05) is 0 Å². The lowest BCUT2D eigenvalue weighted by Gasteiger charge is -1.96. The first-order chi connectivity index (χ1) is 11.8. The van der Waals surface area contributed by atoms with E-state index in [4.69, 9.17) is 0 Å². The lowest BCUT2D eigenvalue weighted by atomic mass is 10.1. The quantitative estimate of drug-likeness (QED) is 0.763. The van der Waals surface area contributed by atoms with Gasteiger partial charge in [-0.2, -0.15) is 0 Å². The van der Waals surface area contributed by atoms with Crippen molar-refractivity contribution in [1.29, 1.82) is 0 Å². The number of aromatic amines is 1. The Labute approximate surface area is 138 Å². The summed E-state index contributed by atoms with van der Waals surface area (Å²) >= 11 is 0. The molecule has 0 saturated heterocycles. The Morgan fingerprint density at radius 2 is 1.42 bits per heavy atom. The number of aliphatic imine (C=N–C) groups is 3. The molecule has 4 aliphatic rings. The van der Waals surface area contributed by atoms with Gasteiger partial charge in [0.05, 0.1) is 22.8 Å². The zero-order valence-electron chi connectivity index (χ0n) is 12.9. The summed E-state index contributed by atoms with van der Waals surface area (Å²) in [7, 11) is 0. The molecular weight excluding hydrogens is 296 g/mol. The Balaban J connectivity index is 1.67. The second-order valence-corrected chi connectivity index (χ2v) is 6.04. The fourth-order valence-corrected chi connectivity index (χ4v) is 3.03. The van der Waals surface area contributed by atoms with Crippen LogP contribution in [0.25, 0.3) is 12.2 Å². The molecule has 0 radical (unpaired) electrons. The first-order valence-electron chi connectivity index (χ1n) is 7.91. The van der Waals surface area contributed by atoms with Crippen molar-refractivity contribution in [2.24, 2.45) is 15.0 Å². The van der Waals surface area contributed by atoms with E-state index in [2.05, 4.69) is 38.2 Å². The summed E-state index contributed by atoms with van der Waals surface area (Å²) in [6.07, 6.45) is 19.0. The Morgan fingerprint density at radius 3 is 2.12 bits per heavy atom. The van der Waals surface area contributed by atoms with Crippen LogP contribution in [-0.4, -0.2) is 22.1 Å². The predicted molar refractivity (Wildman–Crippen MR) is 98.4 cm³/mol. The Bertz CT molecular complexity index is 1020. The maximum Gasteiger partial charge on any atom is 0.0658 e. The Kier molecular flexibility index (Phi) is 2.82. The fraction of sp³-hybridized carbons (Fsp3) is 0.0500. The second-order valence-electron chi connectivity index (χ2n) is 6.04. The minimum Gasteiger partial charge on any atom is -0.355 e. The van der Waals surface area contributed by atoms with Crippen LogP contribution in [0.1, 0.15) is 6.42 Å².